The van der Waals surface area contributed by atoms with E-state index in [1.807, 2.05) is 6.07 Å². The van der Waals surface area contributed by atoms with Gasteiger partial charge in [0, 0.05) is 45.5 Å². The smallest absolute Gasteiger partial charge is 0.243 e. The van der Waals surface area contributed by atoms with Gasteiger partial charge in [0.15, 0.2) is 0 Å². The van der Waals surface area contributed by atoms with E-state index in [2.05, 4.69) is 14.8 Å². The molecular weight excluding hydrogens is 417 g/mol. The minimum absolute atomic E-state index is 0.00627. The summed E-state index contributed by atoms with van der Waals surface area (Å²) >= 11 is 5.76. The van der Waals surface area contributed by atoms with Crippen LogP contribution in [-0.4, -0.2) is 62.0 Å². The minimum Gasteiger partial charge on any atom is -0.354 e. The first kappa shape index (κ1) is 20.3. The molecule has 0 N–H and O–H groups in total. The zero-order valence-electron chi connectivity index (χ0n) is 16.0. The molecule has 0 saturated carbocycles. The molecule has 0 unspecified atom stereocenters. The van der Waals surface area contributed by atoms with Crippen LogP contribution < -0.4 is 9.80 Å². The Balaban J connectivity index is 1.44. The molecule has 0 spiro atoms. The molecule has 2 fully saturated rings. The molecule has 10 heteroatoms. The summed E-state index contributed by atoms with van der Waals surface area (Å²) in [5.74, 6) is 0.907. The van der Waals surface area contributed by atoms with E-state index >= 15 is 0 Å². The van der Waals surface area contributed by atoms with E-state index in [-0.39, 0.29) is 9.92 Å². The molecule has 3 heterocycles. The molecule has 1 aromatic heterocycles. The molecule has 2 aliphatic heterocycles. The summed E-state index contributed by atoms with van der Waals surface area (Å²) in [4.78, 5) is 13.4. The van der Waals surface area contributed by atoms with Gasteiger partial charge < -0.3 is 9.80 Å². The third-order valence-corrected chi connectivity index (χ3v) is 7.54. The predicted molar refractivity (Wildman–Crippen MR) is 110 cm³/mol. The highest BCUT2D eigenvalue weighted by Crippen LogP contribution is 2.25. The van der Waals surface area contributed by atoms with Crippen LogP contribution in [0.15, 0.2) is 35.4 Å². The van der Waals surface area contributed by atoms with Gasteiger partial charge in [-0.25, -0.2) is 17.8 Å². The molecule has 0 bridgehead atoms. The highest BCUT2D eigenvalue weighted by atomic mass is 35.5. The fourth-order valence-corrected chi connectivity index (χ4v) is 5.40. The van der Waals surface area contributed by atoms with E-state index in [4.69, 9.17) is 16.6 Å². The summed E-state index contributed by atoms with van der Waals surface area (Å²) in [5.41, 5.74) is 0. The van der Waals surface area contributed by atoms with Crippen molar-refractivity contribution >= 4 is 33.4 Å². The molecule has 4 rings (SSSR count). The number of benzene rings is 1. The van der Waals surface area contributed by atoms with Gasteiger partial charge in [-0.05, 0) is 43.5 Å². The third-order valence-electron chi connectivity index (χ3n) is 5.36. The van der Waals surface area contributed by atoms with Crippen LogP contribution in [-0.2, 0) is 10.0 Å². The largest absolute Gasteiger partial charge is 0.354 e. The summed E-state index contributed by atoms with van der Waals surface area (Å²) in [5, 5.41) is -0.198. The van der Waals surface area contributed by atoms with E-state index in [0.717, 1.165) is 49.8 Å². The van der Waals surface area contributed by atoms with Gasteiger partial charge in [-0.1, -0.05) is 11.6 Å². The highest BCUT2D eigenvalue weighted by Gasteiger charge is 2.29. The molecule has 0 aliphatic carbocycles. The lowest BCUT2D eigenvalue weighted by molar-refractivity contribution is 0.383. The average Bonchev–Trinajstić information content (AvgIpc) is 2.76. The van der Waals surface area contributed by atoms with Gasteiger partial charge in [0.05, 0.1) is 9.92 Å². The summed E-state index contributed by atoms with van der Waals surface area (Å²) in [6.07, 6.45) is 5.30. The molecule has 1 aromatic carbocycles. The molecule has 0 amide bonds. The van der Waals surface area contributed by atoms with Crippen molar-refractivity contribution in [1.29, 1.82) is 0 Å². The number of sulfonamides is 1. The van der Waals surface area contributed by atoms with Crippen molar-refractivity contribution in [2.75, 3.05) is 49.1 Å². The SMILES string of the molecule is O=S(=O)(c1ccc(F)c(Cl)c1)N1CCN(c2ccnc(N3CCCCC3)n2)CC1. The molecule has 29 heavy (non-hydrogen) atoms. The van der Waals surface area contributed by atoms with Gasteiger partial charge in [0.1, 0.15) is 11.6 Å². The zero-order valence-corrected chi connectivity index (χ0v) is 17.5. The predicted octanol–water partition coefficient (Wildman–Crippen LogP) is 2.77. The standard InChI is InChI=1S/C19H23ClFN5O2S/c20-16-14-15(4-5-17(16)21)29(27,28)26-12-10-24(11-13-26)18-6-7-22-19(23-18)25-8-2-1-3-9-25/h4-7,14H,1-3,8-13H2. The van der Waals surface area contributed by atoms with Gasteiger partial charge in [-0.15, -0.1) is 0 Å². The van der Waals surface area contributed by atoms with Crippen LogP contribution in [0.2, 0.25) is 5.02 Å². The summed E-state index contributed by atoms with van der Waals surface area (Å²) in [6, 6.07) is 5.35. The monoisotopic (exact) mass is 439 g/mol. The Morgan fingerprint density at radius 3 is 2.34 bits per heavy atom. The van der Waals surface area contributed by atoms with Crippen LogP contribution in [0.1, 0.15) is 19.3 Å². The van der Waals surface area contributed by atoms with Crippen molar-refractivity contribution in [2.45, 2.75) is 24.2 Å². The number of piperazine rings is 1. The van der Waals surface area contributed by atoms with E-state index in [9.17, 15) is 12.8 Å². The van der Waals surface area contributed by atoms with E-state index in [0.29, 0.717) is 26.2 Å². The van der Waals surface area contributed by atoms with Crippen LogP contribution in [0.3, 0.4) is 0 Å². The number of rotatable bonds is 4. The van der Waals surface area contributed by atoms with E-state index in [1.54, 1.807) is 6.20 Å². The van der Waals surface area contributed by atoms with E-state index in [1.165, 1.54) is 16.8 Å². The van der Waals surface area contributed by atoms with Gasteiger partial charge >= 0.3 is 0 Å². The molecule has 2 saturated heterocycles. The Morgan fingerprint density at radius 2 is 1.66 bits per heavy atom. The van der Waals surface area contributed by atoms with Gasteiger partial charge in [0.2, 0.25) is 16.0 Å². The van der Waals surface area contributed by atoms with Crippen molar-refractivity contribution < 1.29 is 12.8 Å². The highest BCUT2D eigenvalue weighted by molar-refractivity contribution is 7.89. The zero-order chi connectivity index (χ0) is 20.4. The molecule has 156 valence electrons. The fourth-order valence-electron chi connectivity index (χ4n) is 3.71. The minimum atomic E-state index is -3.72. The summed E-state index contributed by atoms with van der Waals surface area (Å²) in [7, 11) is -3.72. The summed E-state index contributed by atoms with van der Waals surface area (Å²) in [6.45, 7) is 3.61. The van der Waals surface area contributed by atoms with E-state index < -0.39 is 15.8 Å². The summed E-state index contributed by atoms with van der Waals surface area (Å²) < 4.78 is 40.5. The molecule has 0 radical (unpaired) electrons. The second-order valence-electron chi connectivity index (χ2n) is 7.23. The maximum absolute atomic E-state index is 13.4. The van der Waals surface area contributed by atoms with Crippen LogP contribution in [0.25, 0.3) is 0 Å². The first-order chi connectivity index (χ1) is 13.9. The number of nitrogens with zero attached hydrogens (tertiary/aromatic N) is 5. The lowest BCUT2D eigenvalue weighted by Crippen LogP contribution is -2.49. The number of piperidine rings is 1. The van der Waals surface area contributed by atoms with Crippen molar-refractivity contribution in [3.8, 4) is 0 Å². The second-order valence-corrected chi connectivity index (χ2v) is 9.57. The number of hydrogen-bond acceptors (Lipinski definition) is 6. The van der Waals surface area contributed by atoms with Crippen molar-refractivity contribution in [3.05, 3.63) is 41.3 Å². The van der Waals surface area contributed by atoms with Gasteiger partial charge in [0.25, 0.3) is 0 Å². The Morgan fingerprint density at radius 1 is 0.931 bits per heavy atom. The van der Waals surface area contributed by atoms with Crippen LogP contribution in [0.4, 0.5) is 16.2 Å². The third kappa shape index (κ3) is 4.31. The Kier molecular flexibility index (Phi) is 5.89. The van der Waals surface area contributed by atoms with Gasteiger partial charge in [-0.2, -0.15) is 9.29 Å². The number of halogens is 2. The van der Waals surface area contributed by atoms with Crippen LogP contribution >= 0.6 is 11.6 Å². The molecule has 0 atom stereocenters. The number of hydrogen-bond donors (Lipinski definition) is 0. The lowest BCUT2D eigenvalue weighted by atomic mass is 10.1. The number of aromatic nitrogens is 2. The van der Waals surface area contributed by atoms with Crippen LogP contribution in [0, 0.1) is 5.82 Å². The average molecular weight is 440 g/mol. The molecule has 7 nitrogen and oxygen atoms in total. The normalized spacial score (nSPS) is 18.8. The first-order valence-corrected chi connectivity index (χ1v) is 11.5. The van der Waals surface area contributed by atoms with Crippen molar-refractivity contribution in [2.24, 2.45) is 0 Å². The quantitative estimate of drug-likeness (QED) is 0.729. The lowest BCUT2D eigenvalue weighted by Gasteiger charge is -2.35. The van der Waals surface area contributed by atoms with Crippen molar-refractivity contribution in [1.82, 2.24) is 14.3 Å². The Hall–Kier alpha value is -1.97. The number of anilines is 2. The Labute approximate surface area is 175 Å². The molecular formula is C19H23ClFN5O2S. The second kappa shape index (κ2) is 8.41. The van der Waals surface area contributed by atoms with Crippen molar-refractivity contribution in [3.63, 3.8) is 0 Å². The first-order valence-electron chi connectivity index (χ1n) is 9.73. The maximum Gasteiger partial charge on any atom is 0.243 e. The molecule has 2 aromatic rings. The maximum atomic E-state index is 13.4. The molecule has 2 aliphatic rings. The van der Waals surface area contributed by atoms with Crippen LogP contribution in [0.5, 0.6) is 0 Å². The Bertz CT molecular complexity index is 976. The van der Waals surface area contributed by atoms with Gasteiger partial charge in [-0.3, -0.25) is 0 Å². The topological polar surface area (TPSA) is 69.6 Å². The fraction of sp³-hybridized carbons (Fsp3) is 0.474.